The van der Waals surface area contributed by atoms with Gasteiger partial charge in [0, 0.05) is 6.04 Å². The van der Waals surface area contributed by atoms with Crippen molar-refractivity contribution in [2.24, 2.45) is 5.92 Å². The molecule has 1 saturated carbocycles. The summed E-state index contributed by atoms with van der Waals surface area (Å²) in [5.41, 5.74) is 0.832. The van der Waals surface area contributed by atoms with Crippen LogP contribution in [0.2, 0.25) is 0 Å². The zero-order valence-corrected chi connectivity index (χ0v) is 15.2. The highest BCUT2D eigenvalue weighted by atomic mass is 16.5. The number of ether oxygens (including phenoxy) is 2. The lowest BCUT2D eigenvalue weighted by Gasteiger charge is -2.29. The number of hydrogen-bond donors (Lipinski definition) is 1. The number of nitriles is 1. The Morgan fingerprint density at radius 2 is 2.12 bits per heavy atom. The molecular weight excluding hydrogens is 316 g/mol. The molecular formula is C20H26N2O3. The lowest BCUT2D eigenvalue weighted by Crippen LogP contribution is -2.41. The Kier molecular flexibility index (Phi) is 6.88. The van der Waals surface area contributed by atoms with E-state index in [1.807, 2.05) is 13.0 Å². The third kappa shape index (κ3) is 4.99. The van der Waals surface area contributed by atoms with Crippen LogP contribution in [0.5, 0.6) is 11.5 Å². The highest BCUT2D eigenvalue weighted by molar-refractivity contribution is 6.01. The molecule has 0 unspecified atom stereocenters. The van der Waals surface area contributed by atoms with Gasteiger partial charge >= 0.3 is 0 Å². The first-order chi connectivity index (χ1) is 12.1. The van der Waals surface area contributed by atoms with Crippen LogP contribution in [0.25, 0.3) is 6.08 Å². The maximum absolute atomic E-state index is 12.5. The molecule has 1 N–H and O–H groups in total. The zero-order valence-electron chi connectivity index (χ0n) is 15.2. The van der Waals surface area contributed by atoms with Crippen LogP contribution in [0.15, 0.2) is 23.8 Å². The number of hydrogen-bond acceptors (Lipinski definition) is 4. The van der Waals surface area contributed by atoms with Gasteiger partial charge in [-0.3, -0.25) is 4.79 Å². The minimum absolute atomic E-state index is 0.102. The summed E-state index contributed by atoms with van der Waals surface area (Å²) >= 11 is 0. The maximum Gasteiger partial charge on any atom is 0.262 e. The van der Waals surface area contributed by atoms with Gasteiger partial charge in [-0.25, -0.2) is 0 Å². The Hall–Kier alpha value is -2.48. The SMILES string of the molecule is CCOc1cc(/C=C(\C#N)C(=O)N[C@@H]2CCCC[C@H]2C)ccc1OC. The molecule has 1 aliphatic carbocycles. The normalized spacial score (nSPS) is 20.5. The van der Waals surface area contributed by atoms with Gasteiger partial charge in [-0.15, -0.1) is 0 Å². The van der Waals surface area contributed by atoms with E-state index in [2.05, 4.69) is 12.2 Å². The van der Waals surface area contributed by atoms with E-state index in [-0.39, 0.29) is 17.5 Å². The molecule has 0 heterocycles. The monoisotopic (exact) mass is 342 g/mol. The molecule has 134 valence electrons. The molecule has 5 heteroatoms. The van der Waals surface area contributed by atoms with Gasteiger partial charge in [0.25, 0.3) is 5.91 Å². The molecule has 0 aromatic heterocycles. The first-order valence-electron chi connectivity index (χ1n) is 8.82. The van der Waals surface area contributed by atoms with E-state index in [0.717, 1.165) is 24.8 Å². The second-order valence-corrected chi connectivity index (χ2v) is 6.35. The molecule has 25 heavy (non-hydrogen) atoms. The van der Waals surface area contributed by atoms with E-state index >= 15 is 0 Å². The number of nitrogens with zero attached hydrogens (tertiary/aromatic N) is 1. The number of rotatable bonds is 6. The molecule has 2 rings (SSSR count). The number of amides is 1. The van der Waals surface area contributed by atoms with Crippen molar-refractivity contribution < 1.29 is 14.3 Å². The highest BCUT2D eigenvalue weighted by Crippen LogP contribution is 2.29. The molecule has 1 aromatic rings. The molecule has 1 amide bonds. The summed E-state index contributed by atoms with van der Waals surface area (Å²) in [4.78, 5) is 12.5. The van der Waals surface area contributed by atoms with E-state index in [0.29, 0.717) is 24.0 Å². The molecule has 0 saturated heterocycles. The smallest absolute Gasteiger partial charge is 0.262 e. The van der Waals surface area contributed by atoms with Crippen molar-refractivity contribution in [3.8, 4) is 17.6 Å². The van der Waals surface area contributed by atoms with Gasteiger partial charge in [0.15, 0.2) is 11.5 Å². The number of benzene rings is 1. The van der Waals surface area contributed by atoms with E-state index in [4.69, 9.17) is 9.47 Å². The van der Waals surface area contributed by atoms with Crippen molar-refractivity contribution in [1.29, 1.82) is 5.26 Å². The van der Waals surface area contributed by atoms with Gasteiger partial charge in [0.2, 0.25) is 0 Å². The third-order valence-electron chi connectivity index (χ3n) is 4.59. The predicted molar refractivity (Wildman–Crippen MR) is 97.3 cm³/mol. The lowest BCUT2D eigenvalue weighted by atomic mass is 9.86. The fraction of sp³-hybridized carbons (Fsp3) is 0.500. The summed E-state index contributed by atoms with van der Waals surface area (Å²) in [7, 11) is 1.58. The molecule has 5 nitrogen and oxygen atoms in total. The van der Waals surface area contributed by atoms with Crippen LogP contribution in [0.3, 0.4) is 0 Å². The van der Waals surface area contributed by atoms with E-state index in [9.17, 15) is 10.1 Å². The fourth-order valence-electron chi connectivity index (χ4n) is 3.14. The van der Waals surface area contributed by atoms with Crippen LogP contribution in [-0.2, 0) is 4.79 Å². The number of methoxy groups -OCH3 is 1. The van der Waals surface area contributed by atoms with E-state index in [1.54, 1.807) is 31.4 Å². The molecule has 2 atom stereocenters. The Morgan fingerprint density at radius 3 is 2.76 bits per heavy atom. The largest absolute Gasteiger partial charge is 0.493 e. The summed E-state index contributed by atoms with van der Waals surface area (Å²) in [5, 5.41) is 12.4. The first kappa shape index (κ1) is 18.9. The average Bonchev–Trinajstić information content (AvgIpc) is 2.62. The molecule has 0 aliphatic heterocycles. The summed E-state index contributed by atoms with van der Waals surface area (Å²) in [5.74, 6) is 1.36. The van der Waals surface area contributed by atoms with Gasteiger partial charge in [-0.1, -0.05) is 25.8 Å². The van der Waals surface area contributed by atoms with Crippen LogP contribution in [0.1, 0.15) is 45.1 Å². The summed E-state index contributed by atoms with van der Waals surface area (Å²) in [6, 6.07) is 7.50. The number of carbonyl (C=O) groups excluding carboxylic acids is 1. The number of carbonyl (C=O) groups is 1. The second kappa shape index (κ2) is 9.12. The van der Waals surface area contributed by atoms with Crippen molar-refractivity contribution in [2.45, 2.75) is 45.6 Å². The van der Waals surface area contributed by atoms with Gasteiger partial charge in [0.1, 0.15) is 11.6 Å². The van der Waals surface area contributed by atoms with Crippen LogP contribution in [0.4, 0.5) is 0 Å². The van der Waals surface area contributed by atoms with Gasteiger partial charge in [-0.05, 0) is 49.5 Å². The van der Waals surface area contributed by atoms with Crippen molar-refractivity contribution >= 4 is 12.0 Å². The highest BCUT2D eigenvalue weighted by Gasteiger charge is 2.24. The van der Waals surface area contributed by atoms with Gasteiger partial charge in [-0.2, -0.15) is 5.26 Å². The van der Waals surface area contributed by atoms with Crippen molar-refractivity contribution in [1.82, 2.24) is 5.32 Å². The van der Waals surface area contributed by atoms with Crippen molar-refractivity contribution in [3.05, 3.63) is 29.3 Å². The standard InChI is InChI=1S/C20H26N2O3/c1-4-25-19-12-15(9-10-18(19)24-3)11-16(13-21)20(23)22-17-8-6-5-7-14(17)2/h9-12,14,17H,4-8H2,1-3H3,(H,22,23)/b16-11+/t14-,17-/m1/s1. The van der Waals surface area contributed by atoms with Crippen LogP contribution < -0.4 is 14.8 Å². The number of nitrogens with one attached hydrogen (secondary N) is 1. The topological polar surface area (TPSA) is 71.3 Å². The van der Waals surface area contributed by atoms with Crippen molar-refractivity contribution in [3.63, 3.8) is 0 Å². The molecule has 1 fully saturated rings. The van der Waals surface area contributed by atoms with Crippen LogP contribution in [0, 0.1) is 17.2 Å². The van der Waals surface area contributed by atoms with Crippen molar-refractivity contribution in [2.75, 3.05) is 13.7 Å². The second-order valence-electron chi connectivity index (χ2n) is 6.35. The molecule has 1 aromatic carbocycles. The summed E-state index contributed by atoms with van der Waals surface area (Å²) in [6.45, 7) is 4.55. The van der Waals surface area contributed by atoms with Crippen LogP contribution in [-0.4, -0.2) is 25.7 Å². The van der Waals surface area contributed by atoms with E-state index < -0.39 is 0 Å². The Balaban J connectivity index is 2.17. The van der Waals surface area contributed by atoms with E-state index in [1.165, 1.54) is 6.42 Å². The molecule has 0 bridgehead atoms. The Bertz CT molecular complexity index is 676. The quantitative estimate of drug-likeness (QED) is 0.632. The minimum Gasteiger partial charge on any atom is -0.493 e. The minimum atomic E-state index is -0.310. The Labute approximate surface area is 149 Å². The lowest BCUT2D eigenvalue weighted by molar-refractivity contribution is -0.118. The average molecular weight is 342 g/mol. The molecule has 0 radical (unpaired) electrons. The summed E-state index contributed by atoms with van der Waals surface area (Å²) in [6.07, 6.45) is 6.01. The maximum atomic E-state index is 12.5. The predicted octanol–water partition coefficient (Wildman–Crippen LogP) is 3.70. The molecule has 1 aliphatic rings. The van der Waals surface area contributed by atoms with Gasteiger partial charge in [0.05, 0.1) is 13.7 Å². The Morgan fingerprint density at radius 1 is 1.36 bits per heavy atom. The molecule has 0 spiro atoms. The van der Waals surface area contributed by atoms with Crippen LogP contribution >= 0.6 is 0 Å². The first-order valence-corrected chi connectivity index (χ1v) is 8.82. The fourth-order valence-corrected chi connectivity index (χ4v) is 3.14. The third-order valence-corrected chi connectivity index (χ3v) is 4.59. The summed E-state index contributed by atoms with van der Waals surface area (Å²) < 4.78 is 10.8. The zero-order chi connectivity index (χ0) is 18.2. The van der Waals surface area contributed by atoms with Gasteiger partial charge < -0.3 is 14.8 Å².